The van der Waals surface area contributed by atoms with Gasteiger partial charge in [0, 0.05) is 25.0 Å². The molecule has 0 amide bonds. The lowest BCUT2D eigenvalue weighted by Crippen LogP contribution is -3.00. The molecule has 0 fully saturated rings. The third-order valence-corrected chi connectivity index (χ3v) is 3.48. The highest BCUT2D eigenvalue weighted by Crippen LogP contribution is 2.12. The summed E-state index contributed by atoms with van der Waals surface area (Å²) in [4.78, 5) is 12.7. The average molecular weight is 359 g/mol. The summed E-state index contributed by atoms with van der Waals surface area (Å²) in [5.41, 5.74) is 1.19. The Bertz CT molecular complexity index is 482. The monoisotopic (exact) mass is 359 g/mol. The first-order valence-electron chi connectivity index (χ1n) is 5.27. The predicted molar refractivity (Wildman–Crippen MR) is 64.6 cm³/mol. The summed E-state index contributed by atoms with van der Waals surface area (Å²) >= 11 is 1.51. The third-order valence-electron chi connectivity index (χ3n) is 2.57. The smallest absolute Gasteiger partial charge is 0.181 e. The molecule has 0 saturated heterocycles. The second kappa shape index (κ2) is 6.86. The quantitative estimate of drug-likeness (QED) is 0.406. The van der Waals surface area contributed by atoms with Gasteiger partial charge in [-0.05, 0) is 11.4 Å². The number of rotatable bonds is 4. The highest BCUT2D eigenvalue weighted by Gasteiger charge is 2.10. The van der Waals surface area contributed by atoms with Crippen molar-refractivity contribution in [3.8, 4) is 0 Å². The molecule has 0 N–H and O–H groups in total. The summed E-state index contributed by atoms with van der Waals surface area (Å²) in [6.45, 7) is 0. The lowest BCUT2D eigenvalue weighted by Gasteiger charge is -1.98. The summed E-state index contributed by atoms with van der Waals surface area (Å²) in [5, 5.41) is 1.94. The van der Waals surface area contributed by atoms with Crippen LogP contribution < -0.4 is 28.5 Å². The van der Waals surface area contributed by atoms with Crippen molar-refractivity contribution in [3.05, 3.63) is 52.5 Å². The van der Waals surface area contributed by atoms with Crippen molar-refractivity contribution >= 4 is 17.1 Å². The summed E-state index contributed by atoms with van der Waals surface area (Å²) in [5.74, 6) is 0.235. The van der Waals surface area contributed by atoms with Crippen LogP contribution in [-0.2, 0) is 13.5 Å². The van der Waals surface area contributed by atoms with Crippen molar-refractivity contribution in [2.75, 3.05) is 0 Å². The fourth-order valence-electron chi connectivity index (χ4n) is 1.62. The van der Waals surface area contributed by atoms with Crippen molar-refractivity contribution in [3.63, 3.8) is 0 Å². The van der Waals surface area contributed by atoms with E-state index in [1.807, 2.05) is 42.9 Å². The Labute approximate surface area is 122 Å². The maximum atomic E-state index is 11.8. The zero-order valence-electron chi connectivity index (χ0n) is 9.60. The van der Waals surface area contributed by atoms with Gasteiger partial charge in [0.15, 0.2) is 17.7 Å². The molecule has 90 valence electrons. The van der Waals surface area contributed by atoms with Crippen LogP contribution in [0.5, 0.6) is 0 Å². The molecule has 2 aromatic heterocycles. The molecule has 4 heteroatoms. The number of carbonyl (C=O) groups excluding carboxylic acids is 1. The minimum Gasteiger partial charge on any atom is -1.00 e. The fraction of sp³-hybridized carbons (Fsp3) is 0.231. The molecule has 17 heavy (non-hydrogen) atoms. The molecule has 0 spiro atoms. The minimum atomic E-state index is 0. The van der Waals surface area contributed by atoms with Gasteiger partial charge >= 0.3 is 0 Å². The molecule has 0 atom stereocenters. The van der Waals surface area contributed by atoms with Crippen molar-refractivity contribution in [2.24, 2.45) is 7.05 Å². The topological polar surface area (TPSA) is 20.9 Å². The van der Waals surface area contributed by atoms with E-state index in [0.29, 0.717) is 6.42 Å². The van der Waals surface area contributed by atoms with Crippen LogP contribution in [0.2, 0.25) is 0 Å². The molecular weight excluding hydrogens is 345 g/mol. The normalized spacial score (nSPS) is 9.71. The second-order valence-electron chi connectivity index (χ2n) is 3.70. The van der Waals surface area contributed by atoms with Crippen LogP contribution in [0.15, 0.2) is 41.9 Å². The number of hydrogen-bond donors (Lipinski definition) is 0. The Morgan fingerprint density at radius 1 is 1.29 bits per heavy atom. The van der Waals surface area contributed by atoms with E-state index in [-0.39, 0.29) is 29.8 Å². The third kappa shape index (κ3) is 3.89. The molecule has 2 aromatic rings. The zero-order valence-corrected chi connectivity index (χ0v) is 12.6. The van der Waals surface area contributed by atoms with Crippen molar-refractivity contribution in [1.82, 2.24) is 0 Å². The molecule has 0 radical (unpaired) electrons. The molecule has 0 saturated carbocycles. The first-order chi connectivity index (χ1) is 7.77. The molecular formula is C13H14INOS. The molecule has 2 nitrogen and oxygen atoms in total. The number of aryl methyl sites for hydroxylation is 2. The van der Waals surface area contributed by atoms with Crippen molar-refractivity contribution in [2.45, 2.75) is 12.8 Å². The van der Waals surface area contributed by atoms with E-state index in [4.69, 9.17) is 0 Å². The van der Waals surface area contributed by atoms with Crippen LogP contribution in [0, 0.1) is 0 Å². The van der Waals surface area contributed by atoms with Crippen LogP contribution in [0.25, 0.3) is 0 Å². The van der Waals surface area contributed by atoms with E-state index >= 15 is 0 Å². The average Bonchev–Trinajstić information content (AvgIpc) is 2.81. The number of ketones is 1. The molecule has 0 unspecified atom stereocenters. The van der Waals surface area contributed by atoms with Gasteiger partial charge in [0.25, 0.3) is 0 Å². The first kappa shape index (κ1) is 14.3. The van der Waals surface area contributed by atoms with E-state index in [9.17, 15) is 4.79 Å². The van der Waals surface area contributed by atoms with E-state index in [1.165, 1.54) is 17.0 Å². The number of aromatic nitrogens is 1. The SMILES string of the molecule is C[n+]1ccccc1CCC(=O)c1cccs1.[I-]. The van der Waals surface area contributed by atoms with Gasteiger partial charge in [0.2, 0.25) is 0 Å². The van der Waals surface area contributed by atoms with Crippen molar-refractivity contribution in [1.29, 1.82) is 0 Å². The lowest BCUT2D eigenvalue weighted by molar-refractivity contribution is -0.679. The molecule has 2 rings (SSSR count). The largest absolute Gasteiger partial charge is 1.00 e. The number of hydrogen-bond acceptors (Lipinski definition) is 2. The number of nitrogens with zero attached hydrogens (tertiary/aromatic N) is 1. The molecule has 0 aliphatic carbocycles. The lowest BCUT2D eigenvalue weighted by atomic mass is 10.1. The highest BCUT2D eigenvalue weighted by atomic mass is 127. The maximum Gasteiger partial charge on any atom is 0.181 e. The number of halogens is 1. The molecule has 0 aromatic carbocycles. The molecule has 0 aliphatic rings. The highest BCUT2D eigenvalue weighted by molar-refractivity contribution is 7.12. The number of pyridine rings is 1. The van der Waals surface area contributed by atoms with Gasteiger partial charge in [-0.15, -0.1) is 11.3 Å². The van der Waals surface area contributed by atoms with Gasteiger partial charge in [-0.3, -0.25) is 4.79 Å². The zero-order chi connectivity index (χ0) is 11.4. The van der Waals surface area contributed by atoms with Gasteiger partial charge in [0.05, 0.1) is 4.88 Å². The summed E-state index contributed by atoms with van der Waals surface area (Å²) < 4.78 is 2.06. The Hall–Kier alpha value is -0.750. The molecule has 2 heterocycles. The van der Waals surface area contributed by atoms with Crippen molar-refractivity contribution < 1.29 is 33.3 Å². The van der Waals surface area contributed by atoms with Crippen LogP contribution in [0.3, 0.4) is 0 Å². The van der Waals surface area contributed by atoms with Crippen LogP contribution >= 0.6 is 11.3 Å². The van der Waals surface area contributed by atoms with E-state index < -0.39 is 0 Å². The summed E-state index contributed by atoms with van der Waals surface area (Å²) in [6, 6.07) is 9.86. The predicted octanol–water partition coefficient (Wildman–Crippen LogP) is -0.608. The van der Waals surface area contributed by atoms with Gasteiger partial charge < -0.3 is 24.0 Å². The van der Waals surface area contributed by atoms with E-state index in [2.05, 4.69) is 10.6 Å². The number of thiophene rings is 1. The Balaban J connectivity index is 0.00000144. The first-order valence-corrected chi connectivity index (χ1v) is 6.15. The molecule has 0 bridgehead atoms. The summed E-state index contributed by atoms with van der Waals surface area (Å²) in [6.07, 6.45) is 3.39. The van der Waals surface area contributed by atoms with Gasteiger partial charge in [-0.1, -0.05) is 12.1 Å². The standard InChI is InChI=1S/C13H14NOS.HI/c1-14-9-3-2-5-11(14)7-8-12(15)13-6-4-10-16-13;/h2-6,9-10H,7-8H2,1H3;1H/q+1;/p-1. The van der Waals surface area contributed by atoms with Gasteiger partial charge in [-0.25, -0.2) is 4.57 Å². The van der Waals surface area contributed by atoms with E-state index in [0.717, 1.165) is 11.3 Å². The minimum absolute atomic E-state index is 0. The number of carbonyl (C=O) groups is 1. The van der Waals surface area contributed by atoms with Crippen LogP contribution in [0.4, 0.5) is 0 Å². The van der Waals surface area contributed by atoms with Gasteiger partial charge in [-0.2, -0.15) is 0 Å². The summed E-state index contributed by atoms with van der Waals surface area (Å²) in [7, 11) is 2.00. The van der Waals surface area contributed by atoms with E-state index in [1.54, 1.807) is 0 Å². The fourth-order valence-corrected chi connectivity index (χ4v) is 2.31. The Morgan fingerprint density at radius 2 is 2.12 bits per heavy atom. The van der Waals surface area contributed by atoms with Gasteiger partial charge in [0.1, 0.15) is 7.05 Å². The molecule has 0 aliphatic heterocycles. The van der Waals surface area contributed by atoms with Crippen LogP contribution in [0.1, 0.15) is 21.8 Å². The maximum absolute atomic E-state index is 11.8. The second-order valence-corrected chi connectivity index (χ2v) is 4.65. The van der Waals surface area contributed by atoms with Crippen LogP contribution in [-0.4, -0.2) is 5.78 Å². The Kier molecular flexibility index (Phi) is 5.77. The number of Topliss-reactive ketones (excluding diaryl/α,β-unsaturated/α-hetero) is 1. The Morgan fingerprint density at radius 3 is 2.76 bits per heavy atom.